The Bertz CT molecular complexity index is 667. The molecule has 1 fully saturated rings. The zero-order valence-electron chi connectivity index (χ0n) is 12.6. The molecule has 0 N–H and O–H groups in total. The Morgan fingerprint density at radius 3 is 2.50 bits per heavy atom. The Morgan fingerprint density at radius 1 is 1.09 bits per heavy atom. The summed E-state index contributed by atoms with van der Waals surface area (Å²) in [6.07, 6.45) is 0.0873. The molecule has 3 nitrogen and oxygen atoms in total. The number of carbonyl (C=O) groups is 1. The second kappa shape index (κ2) is 6.28. The molecular weight excluding hydrogens is 391 g/mol. The van der Waals surface area contributed by atoms with E-state index in [1.54, 1.807) is 0 Å². The van der Waals surface area contributed by atoms with Gasteiger partial charge in [-0.3, -0.25) is 0 Å². The van der Waals surface area contributed by atoms with Crippen LogP contribution in [0.4, 0.5) is 0 Å². The van der Waals surface area contributed by atoms with Crippen LogP contribution in [0.5, 0.6) is 5.75 Å². The second-order valence-electron chi connectivity index (χ2n) is 5.84. The Morgan fingerprint density at radius 2 is 1.82 bits per heavy atom. The molecule has 0 aliphatic carbocycles. The number of ether oxygens (including phenoxy) is 2. The van der Waals surface area contributed by atoms with E-state index >= 15 is 0 Å². The van der Waals surface area contributed by atoms with Crippen molar-refractivity contribution in [3.8, 4) is 5.75 Å². The summed E-state index contributed by atoms with van der Waals surface area (Å²) in [7, 11) is 0. The molecule has 2 aromatic carbocycles. The summed E-state index contributed by atoms with van der Waals surface area (Å²) < 4.78 is 13.8. The molecule has 1 heterocycles. The van der Waals surface area contributed by atoms with Crippen LogP contribution in [0.15, 0.2) is 54.6 Å². The number of rotatable bonds is 4. The van der Waals surface area contributed by atoms with Crippen LogP contribution in [0.2, 0.25) is 0 Å². The molecule has 1 aliphatic heterocycles. The first-order chi connectivity index (χ1) is 10.5. The molecule has 1 unspecified atom stereocenters. The quantitative estimate of drug-likeness (QED) is 0.538. The van der Waals surface area contributed by atoms with Gasteiger partial charge in [0.05, 0.1) is 0 Å². The number of halogens is 1. The van der Waals surface area contributed by atoms with E-state index in [1.807, 2.05) is 38.1 Å². The van der Waals surface area contributed by atoms with Crippen molar-refractivity contribution < 1.29 is 35.5 Å². The van der Waals surface area contributed by atoms with Crippen LogP contribution in [0, 0.1) is 7.14 Å². The molecule has 1 aliphatic rings. The van der Waals surface area contributed by atoms with Crippen molar-refractivity contribution in [1.82, 2.24) is 0 Å². The Kier molecular flexibility index (Phi) is 4.38. The number of hydrogen-bond donors (Lipinski definition) is 0. The topological polar surface area (TPSA) is 35.5 Å². The van der Waals surface area contributed by atoms with Gasteiger partial charge in [0.25, 0.3) is 0 Å². The van der Waals surface area contributed by atoms with Gasteiger partial charge in [-0.25, -0.2) is 0 Å². The molecule has 0 spiro atoms. The fourth-order valence-electron chi connectivity index (χ4n) is 2.37. The number of carbonyl (C=O) groups excluding carboxylic acids is 1. The summed E-state index contributed by atoms with van der Waals surface area (Å²) in [5, 5.41) is 0. The van der Waals surface area contributed by atoms with Crippen molar-refractivity contribution in [2.45, 2.75) is 32.0 Å². The molecule has 0 aromatic heterocycles. The van der Waals surface area contributed by atoms with E-state index in [9.17, 15) is 4.79 Å². The first kappa shape index (κ1) is 15.3. The van der Waals surface area contributed by atoms with Crippen molar-refractivity contribution in [3.63, 3.8) is 0 Å². The molecule has 0 radical (unpaired) electrons. The SMILES string of the molecule is CC1(C)CC(Oc2cccc([I-]c3ccccc3)c2)C(=O)O1. The van der Waals surface area contributed by atoms with Gasteiger partial charge in [-0.1, -0.05) is 0 Å². The van der Waals surface area contributed by atoms with Gasteiger partial charge < -0.3 is 0 Å². The predicted molar refractivity (Wildman–Crippen MR) is 79.5 cm³/mol. The average molecular weight is 409 g/mol. The second-order valence-corrected chi connectivity index (χ2v) is 8.87. The number of benzene rings is 2. The van der Waals surface area contributed by atoms with Gasteiger partial charge in [-0.2, -0.15) is 0 Å². The van der Waals surface area contributed by atoms with Crippen LogP contribution >= 0.6 is 0 Å². The van der Waals surface area contributed by atoms with E-state index < -0.39 is 11.7 Å². The van der Waals surface area contributed by atoms with Crippen molar-refractivity contribution in [2.24, 2.45) is 0 Å². The van der Waals surface area contributed by atoms with E-state index in [-0.39, 0.29) is 27.2 Å². The van der Waals surface area contributed by atoms with Crippen LogP contribution in [0.3, 0.4) is 0 Å². The van der Waals surface area contributed by atoms with Crippen molar-refractivity contribution in [1.29, 1.82) is 0 Å². The van der Waals surface area contributed by atoms with Crippen molar-refractivity contribution in [3.05, 3.63) is 61.7 Å². The van der Waals surface area contributed by atoms with Crippen LogP contribution in [-0.2, 0) is 9.53 Å². The molecule has 1 saturated heterocycles. The summed E-state index contributed by atoms with van der Waals surface area (Å²) >= 11 is -0.234. The first-order valence-corrected chi connectivity index (χ1v) is 9.37. The molecule has 0 saturated carbocycles. The van der Waals surface area contributed by atoms with E-state index in [2.05, 4.69) is 30.3 Å². The van der Waals surface area contributed by atoms with E-state index in [1.165, 1.54) is 7.14 Å². The van der Waals surface area contributed by atoms with Gasteiger partial charge in [0.1, 0.15) is 0 Å². The number of hydrogen-bond acceptors (Lipinski definition) is 3. The van der Waals surface area contributed by atoms with E-state index in [4.69, 9.17) is 9.47 Å². The molecule has 1 atom stereocenters. The van der Waals surface area contributed by atoms with E-state index in [0.717, 1.165) is 5.75 Å². The molecule has 4 heteroatoms. The van der Waals surface area contributed by atoms with Crippen LogP contribution < -0.4 is 25.9 Å². The normalized spacial score (nSPS) is 19.9. The summed E-state index contributed by atoms with van der Waals surface area (Å²) in [5.74, 6) is 0.473. The zero-order chi connectivity index (χ0) is 15.6. The number of cyclic esters (lactones) is 1. The standard InChI is InChI=1S/C18H18IO3/c1-18(2)12-16(17(20)22-18)21-15-10-6-9-14(11-15)19-13-7-4-3-5-8-13/h3-11,16H,12H2,1-2H3/q-1. The zero-order valence-corrected chi connectivity index (χ0v) is 14.7. The molecule has 116 valence electrons. The monoisotopic (exact) mass is 409 g/mol. The minimum atomic E-state index is -0.500. The Hall–Kier alpha value is -1.56. The van der Waals surface area contributed by atoms with Crippen LogP contribution in [0.1, 0.15) is 20.3 Å². The summed E-state index contributed by atoms with van der Waals surface area (Å²) in [6.45, 7) is 3.82. The van der Waals surface area contributed by atoms with Gasteiger partial charge in [-0.15, -0.1) is 0 Å². The van der Waals surface area contributed by atoms with Gasteiger partial charge in [-0.05, 0) is 0 Å². The summed E-state index contributed by atoms with van der Waals surface area (Å²) in [5.41, 5.74) is -0.434. The molecule has 0 amide bonds. The van der Waals surface area contributed by atoms with Gasteiger partial charge in [0, 0.05) is 0 Å². The number of esters is 1. The van der Waals surface area contributed by atoms with Crippen molar-refractivity contribution >= 4 is 5.97 Å². The first-order valence-electron chi connectivity index (χ1n) is 7.21. The third-order valence-corrected chi connectivity index (χ3v) is 5.98. The third-order valence-electron chi connectivity index (χ3n) is 3.34. The molecular formula is C18H18IO3-. The van der Waals surface area contributed by atoms with Gasteiger partial charge in [0.2, 0.25) is 0 Å². The summed E-state index contributed by atoms with van der Waals surface area (Å²) in [4.78, 5) is 11.8. The van der Waals surface area contributed by atoms with Crippen molar-refractivity contribution in [2.75, 3.05) is 0 Å². The minimum absolute atomic E-state index is 0.234. The Labute approximate surface area is 140 Å². The maximum absolute atomic E-state index is 11.8. The van der Waals surface area contributed by atoms with Crippen LogP contribution in [0.25, 0.3) is 0 Å². The van der Waals surface area contributed by atoms with Crippen LogP contribution in [-0.4, -0.2) is 17.7 Å². The summed E-state index contributed by atoms with van der Waals surface area (Å²) in [6, 6.07) is 18.5. The van der Waals surface area contributed by atoms with E-state index in [0.29, 0.717) is 6.42 Å². The van der Waals surface area contributed by atoms with Gasteiger partial charge in [0.15, 0.2) is 0 Å². The molecule has 3 rings (SSSR count). The maximum atomic E-state index is 11.8. The Balaban J connectivity index is 1.71. The predicted octanol–water partition coefficient (Wildman–Crippen LogP) is 0.288. The molecule has 0 bridgehead atoms. The average Bonchev–Trinajstić information content (AvgIpc) is 2.73. The molecule has 22 heavy (non-hydrogen) atoms. The fraction of sp³-hybridized carbons (Fsp3) is 0.278. The van der Waals surface area contributed by atoms with Gasteiger partial charge >= 0.3 is 141 Å². The third kappa shape index (κ3) is 3.80. The molecule has 2 aromatic rings. The fourth-order valence-corrected chi connectivity index (χ4v) is 4.71.